The van der Waals surface area contributed by atoms with Gasteiger partial charge in [-0.2, -0.15) is 9.78 Å². The second-order valence-corrected chi connectivity index (χ2v) is 7.90. The van der Waals surface area contributed by atoms with Crippen LogP contribution in [0.3, 0.4) is 0 Å². The average Bonchev–Trinajstić information content (AvgIpc) is 3.53. The molecule has 12 nitrogen and oxygen atoms in total. The summed E-state index contributed by atoms with van der Waals surface area (Å²) in [5.74, 6) is -1.02. The van der Waals surface area contributed by atoms with Gasteiger partial charge in [0, 0.05) is 18.4 Å². The highest BCUT2D eigenvalue weighted by Crippen LogP contribution is 2.23. The van der Waals surface area contributed by atoms with Crippen LogP contribution in [0.25, 0.3) is 0 Å². The van der Waals surface area contributed by atoms with Gasteiger partial charge in [0.05, 0.1) is 17.0 Å². The number of nitro groups is 1. The zero-order valence-electron chi connectivity index (χ0n) is 17.8. The highest BCUT2D eigenvalue weighted by Gasteiger charge is 2.22. The maximum atomic E-state index is 12.8. The third-order valence-corrected chi connectivity index (χ3v) is 5.22. The number of anilines is 2. The van der Waals surface area contributed by atoms with Gasteiger partial charge in [0.25, 0.3) is 11.8 Å². The van der Waals surface area contributed by atoms with Gasteiger partial charge in [-0.15, -0.1) is 0 Å². The lowest BCUT2D eigenvalue weighted by Gasteiger charge is -2.05. The highest BCUT2D eigenvalue weighted by molar-refractivity contribution is 9.10. The molecule has 0 spiro atoms. The van der Waals surface area contributed by atoms with E-state index in [0.29, 0.717) is 18.0 Å². The van der Waals surface area contributed by atoms with E-state index in [1.54, 1.807) is 36.5 Å². The van der Waals surface area contributed by atoms with Gasteiger partial charge < -0.3 is 25.2 Å². The number of nitrogens with zero attached hydrogens (tertiary/aromatic N) is 5. The number of benzene rings is 1. The van der Waals surface area contributed by atoms with Gasteiger partial charge in [-0.3, -0.25) is 14.3 Å². The zero-order valence-corrected chi connectivity index (χ0v) is 19.4. The van der Waals surface area contributed by atoms with Crippen molar-refractivity contribution in [2.24, 2.45) is 0 Å². The van der Waals surface area contributed by atoms with Gasteiger partial charge in [-0.25, -0.2) is 0 Å². The van der Waals surface area contributed by atoms with Crippen LogP contribution in [0.2, 0.25) is 0 Å². The molecule has 0 bridgehead atoms. The van der Waals surface area contributed by atoms with Crippen LogP contribution in [0, 0.1) is 10.1 Å². The first-order valence-electron chi connectivity index (χ1n) is 10.0. The van der Waals surface area contributed by atoms with Gasteiger partial charge in [0.1, 0.15) is 16.8 Å². The van der Waals surface area contributed by atoms with Gasteiger partial charge in [-0.1, -0.05) is 18.2 Å². The van der Waals surface area contributed by atoms with E-state index < -0.39 is 16.7 Å². The van der Waals surface area contributed by atoms with Crippen molar-refractivity contribution in [3.63, 3.8) is 0 Å². The number of hydrogen-bond acceptors (Lipinski definition) is 7. The van der Waals surface area contributed by atoms with E-state index >= 15 is 0 Å². The Morgan fingerprint density at radius 3 is 2.50 bits per heavy atom. The summed E-state index contributed by atoms with van der Waals surface area (Å²) < 4.78 is 8.66. The molecule has 0 fully saturated rings. The SMILES string of the molecule is CCn1cc(NC(=O)c2ccc(Cn3cc(Br)c([N+](=O)[O-])n3)o2)c(C(=O)Nc2ccccc2)n1. The van der Waals surface area contributed by atoms with Crippen LogP contribution in [0.15, 0.2) is 63.7 Å². The van der Waals surface area contributed by atoms with Crippen molar-refractivity contribution in [1.29, 1.82) is 0 Å². The van der Waals surface area contributed by atoms with Crippen molar-refractivity contribution in [3.8, 4) is 0 Å². The second-order valence-electron chi connectivity index (χ2n) is 7.04. The van der Waals surface area contributed by atoms with E-state index in [1.165, 1.54) is 21.6 Å². The van der Waals surface area contributed by atoms with E-state index in [2.05, 4.69) is 36.8 Å². The Balaban J connectivity index is 1.48. The van der Waals surface area contributed by atoms with Crippen molar-refractivity contribution in [1.82, 2.24) is 19.6 Å². The smallest absolute Gasteiger partial charge is 0.404 e. The monoisotopic (exact) mass is 527 g/mol. The number of hydrogen-bond donors (Lipinski definition) is 2. The number of carbonyl (C=O) groups is 2. The third-order valence-electron chi connectivity index (χ3n) is 4.66. The van der Waals surface area contributed by atoms with Crippen LogP contribution in [-0.2, 0) is 13.1 Å². The number of carbonyl (C=O) groups excluding carboxylic acids is 2. The standard InChI is InChI=1S/C21H18BrN7O5/c1-2-27-12-16(18(25-27)21(31)23-13-6-4-3-5-7-13)24-20(30)17-9-8-14(34-17)10-28-11-15(22)19(26-28)29(32)33/h3-9,11-12H,2,10H2,1H3,(H,23,31)(H,24,30). The molecule has 0 aliphatic carbocycles. The van der Waals surface area contributed by atoms with E-state index in [4.69, 9.17) is 4.42 Å². The van der Waals surface area contributed by atoms with Crippen LogP contribution >= 0.6 is 15.9 Å². The molecule has 0 aliphatic heterocycles. The molecule has 0 unspecified atom stereocenters. The normalized spacial score (nSPS) is 10.8. The molecule has 4 aromatic rings. The molecule has 3 heterocycles. The summed E-state index contributed by atoms with van der Waals surface area (Å²) >= 11 is 3.08. The van der Waals surface area contributed by atoms with Crippen molar-refractivity contribution < 1.29 is 18.9 Å². The molecule has 0 atom stereocenters. The number of rotatable bonds is 8. The van der Waals surface area contributed by atoms with E-state index in [0.717, 1.165) is 0 Å². The number of aromatic nitrogens is 4. The summed E-state index contributed by atoms with van der Waals surface area (Å²) in [7, 11) is 0. The summed E-state index contributed by atoms with van der Waals surface area (Å²) in [5.41, 5.74) is 0.876. The summed E-state index contributed by atoms with van der Waals surface area (Å²) in [4.78, 5) is 35.8. The van der Waals surface area contributed by atoms with Crippen molar-refractivity contribution >= 4 is 44.9 Å². The fourth-order valence-electron chi connectivity index (χ4n) is 3.07. The lowest BCUT2D eigenvalue weighted by molar-refractivity contribution is -0.390. The van der Waals surface area contributed by atoms with Crippen LogP contribution in [0.1, 0.15) is 33.7 Å². The summed E-state index contributed by atoms with van der Waals surface area (Å²) in [6.45, 7) is 2.43. The summed E-state index contributed by atoms with van der Waals surface area (Å²) in [5, 5.41) is 24.4. The first-order valence-corrected chi connectivity index (χ1v) is 10.8. The van der Waals surface area contributed by atoms with E-state index in [9.17, 15) is 19.7 Å². The molecule has 2 N–H and O–H groups in total. The quantitative estimate of drug-likeness (QED) is 0.260. The number of nitrogens with one attached hydrogen (secondary N) is 2. The van der Waals surface area contributed by atoms with Crippen molar-refractivity contribution in [2.45, 2.75) is 20.0 Å². The Morgan fingerprint density at radius 1 is 1.06 bits per heavy atom. The molecule has 13 heteroatoms. The minimum atomic E-state index is -0.608. The van der Waals surface area contributed by atoms with Crippen LogP contribution in [-0.4, -0.2) is 36.3 Å². The Bertz CT molecular complexity index is 1360. The molecule has 0 saturated heterocycles. The van der Waals surface area contributed by atoms with Crippen molar-refractivity contribution in [3.05, 3.63) is 86.7 Å². The van der Waals surface area contributed by atoms with E-state index in [1.807, 2.05) is 13.0 Å². The van der Waals surface area contributed by atoms with Crippen molar-refractivity contribution in [2.75, 3.05) is 10.6 Å². The second kappa shape index (κ2) is 9.70. The number of para-hydroxylation sites is 1. The number of halogens is 1. The molecular weight excluding hydrogens is 510 g/mol. The lowest BCUT2D eigenvalue weighted by atomic mass is 10.3. The predicted octanol–water partition coefficient (Wildman–Crippen LogP) is 3.92. The van der Waals surface area contributed by atoms with Gasteiger partial charge in [-0.05, 0) is 52.0 Å². The Hall–Kier alpha value is -4.26. The van der Waals surface area contributed by atoms with E-state index in [-0.39, 0.29) is 34.0 Å². The first-order chi connectivity index (χ1) is 16.3. The molecule has 0 aliphatic rings. The molecule has 1 aromatic carbocycles. The average molecular weight is 528 g/mol. The molecular formula is C21H18BrN7O5. The molecule has 0 radical (unpaired) electrons. The first kappa shape index (κ1) is 22.9. The lowest BCUT2D eigenvalue weighted by Crippen LogP contribution is -2.17. The van der Waals surface area contributed by atoms with Gasteiger partial charge in [0.15, 0.2) is 11.5 Å². The predicted molar refractivity (Wildman–Crippen MR) is 125 cm³/mol. The van der Waals surface area contributed by atoms with Gasteiger partial charge in [0.2, 0.25) is 0 Å². The molecule has 4 rings (SSSR count). The third kappa shape index (κ3) is 5.04. The number of amides is 2. The molecule has 174 valence electrons. The topological polar surface area (TPSA) is 150 Å². The maximum absolute atomic E-state index is 12.8. The number of furan rings is 1. The van der Waals surface area contributed by atoms with Gasteiger partial charge >= 0.3 is 5.82 Å². The summed E-state index contributed by atoms with van der Waals surface area (Å²) in [6, 6.07) is 11.9. The fraction of sp³-hybridized carbons (Fsp3) is 0.143. The largest absolute Gasteiger partial charge is 0.454 e. The molecule has 2 amide bonds. The Morgan fingerprint density at radius 2 is 1.82 bits per heavy atom. The molecule has 0 saturated carbocycles. The Labute approximate surface area is 200 Å². The minimum absolute atomic E-state index is 0.00520. The van der Waals surface area contributed by atoms with Crippen LogP contribution < -0.4 is 10.6 Å². The molecule has 34 heavy (non-hydrogen) atoms. The summed E-state index contributed by atoms with van der Waals surface area (Å²) in [6.07, 6.45) is 3.00. The van der Waals surface area contributed by atoms with Crippen LogP contribution in [0.5, 0.6) is 0 Å². The minimum Gasteiger partial charge on any atom is -0.454 e. The Kier molecular flexibility index (Phi) is 6.54. The van der Waals surface area contributed by atoms with Crippen LogP contribution in [0.4, 0.5) is 17.2 Å². The maximum Gasteiger partial charge on any atom is 0.404 e. The highest BCUT2D eigenvalue weighted by atomic mass is 79.9. The molecule has 3 aromatic heterocycles. The zero-order chi connectivity index (χ0) is 24.2. The fourth-order valence-corrected chi connectivity index (χ4v) is 3.53. The number of aryl methyl sites for hydroxylation is 1.